The lowest BCUT2D eigenvalue weighted by Gasteiger charge is -2.39. The molecule has 1 fully saturated rings. The first-order valence-electron chi connectivity index (χ1n) is 6.51. The van der Waals surface area contributed by atoms with Gasteiger partial charge in [-0.1, -0.05) is 0 Å². The summed E-state index contributed by atoms with van der Waals surface area (Å²) in [5, 5.41) is 7.64. The first-order chi connectivity index (χ1) is 8.13. The van der Waals surface area contributed by atoms with Gasteiger partial charge in [-0.15, -0.1) is 0 Å². The number of nitrogens with one attached hydrogen (secondary N) is 1. The van der Waals surface area contributed by atoms with Crippen LogP contribution in [0.2, 0.25) is 0 Å². The van der Waals surface area contributed by atoms with Crippen LogP contribution in [0.4, 0.5) is 0 Å². The van der Waals surface area contributed by atoms with Crippen molar-refractivity contribution >= 4 is 0 Å². The smallest absolute Gasteiger partial charge is 0.0492 e. The summed E-state index contributed by atoms with van der Waals surface area (Å²) in [5.41, 5.74) is 1.68. The van der Waals surface area contributed by atoms with Gasteiger partial charge in [-0.3, -0.25) is 4.68 Å². The first-order valence-corrected chi connectivity index (χ1v) is 6.51. The van der Waals surface area contributed by atoms with Gasteiger partial charge in [0.1, 0.15) is 0 Å². The summed E-state index contributed by atoms with van der Waals surface area (Å²) in [4.78, 5) is 2.56. The quantitative estimate of drug-likeness (QED) is 0.848. The van der Waals surface area contributed by atoms with Crippen molar-refractivity contribution in [1.82, 2.24) is 20.0 Å². The van der Waals surface area contributed by atoms with Gasteiger partial charge in [0, 0.05) is 37.4 Å². The number of rotatable bonds is 4. The molecular weight excluding hydrogens is 212 g/mol. The van der Waals surface area contributed by atoms with Crippen LogP contribution >= 0.6 is 0 Å². The summed E-state index contributed by atoms with van der Waals surface area (Å²) in [7, 11) is 4.09. The maximum atomic E-state index is 4.20. The summed E-state index contributed by atoms with van der Waals surface area (Å²) in [6.45, 7) is 5.88. The van der Waals surface area contributed by atoms with E-state index in [1.54, 1.807) is 0 Å². The fourth-order valence-electron chi connectivity index (χ4n) is 2.44. The third-order valence-corrected chi connectivity index (χ3v) is 4.17. The molecule has 1 saturated heterocycles. The zero-order valence-electron chi connectivity index (χ0n) is 11.2. The van der Waals surface area contributed by atoms with Crippen LogP contribution in [0, 0.1) is 0 Å². The van der Waals surface area contributed by atoms with Crippen molar-refractivity contribution in [2.45, 2.75) is 31.7 Å². The van der Waals surface area contributed by atoms with E-state index in [-0.39, 0.29) is 0 Å². The van der Waals surface area contributed by atoms with Gasteiger partial charge in [0.05, 0.1) is 0 Å². The average Bonchev–Trinajstić information content (AvgIpc) is 2.74. The van der Waals surface area contributed by atoms with Crippen molar-refractivity contribution in [2.24, 2.45) is 7.05 Å². The lowest BCUT2D eigenvalue weighted by molar-refractivity contribution is 0.153. The molecule has 0 radical (unpaired) electrons. The SMILES string of the molecule is CNC1(C)CCN(CCc2ccnn2C)CC1. The Bertz CT molecular complexity index is 350. The molecule has 17 heavy (non-hydrogen) atoms. The molecule has 0 unspecified atom stereocenters. The van der Waals surface area contributed by atoms with Crippen LogP contribution in [0.15, 0.2) is 12.3 Å². The number of hydrogen-bond donors (Lipinski definition) is 1. The van der Waals surface area contributed by atoms with E-state index < -0.39 is 0 Å². The minimum Gasteiger partial charge on any atom is -0.314 e. The lowest BCUT2D eigenvalue weighted by Crippen LogP contribution is -2.50. The van der Waals surface area contributed by atoms with Gasteiger partial charge in [-0.25, -0.2) is 0 Å². The maximum Gasteiger partial charge on any atom is 0.0492 e. The van der Waals surface area contributed by atoms with Gasteiger partial charge in [0.2, 0.25) is 0 Å². The minimum atomic E-state index is 0.350. The summed E-state index contributed by atoms with van der Waals surface area (Å²) < 4.78 is 1.97. The molecule has 96 valence electrons. The molecule has 0 aliphatic carbocycles. The highest BCUT2D eigenvalue weighted by molar-refractivity contribution is 5.00. The Kier molecular flexibility index (Phi) is 3.84. The van der Waals surface area contributed by atoms with Crippen LogP contribution in [0.5, 0.6) is 0 Å². The molecule has 0 spiro atoms. The molecule has 1 aromatic rings. The van der Waals surface area contributed by atoms with Crippen molar-refractivity contribution in [1.29, 1.82) is 0 Å². The topological polar surface area (TPSA) is 33.1 Å². The number of hydrogen-bond acceptors (Lipinski definition) is 3. The summed E-state index contributed by atoms with van der Waals surface area (Å²) in [6, 6.07) is 2.11. The van der Waals surface area contributed by atoms with Crippen LogP contribution in [0.3, 0.4) is 0 Å². The molecule has 1 aliphatic rings. The van der Waals surface area contributed by atoms with Gasteiger partial charge >= 0.3 is 0 Å². The van der Waals surface area contributed by atoms with E-state index in [9.17, 15) is 0 Å². The van der Waals surface area contributed by atoms with Crippen molar-refractivity contribution in [3.63, 3.8) is 0 Å². The van der Waals surface area contributed by atoms with Crippen molar-refractivity contribution in [3.05, 3.63) is 18.0 Å². The zero-order valence-corrected chi connectivity index (χ0v) is 11.2. The summed E-state index contributed by atoms with van der Waals surface area (Å²) in [5.74, 6) is 0. The highest BCUT2D eigenvalue weighted by Crippen LogP contribution is 2.21. The molecule has 4 heteroatoms. The molecule has 0 amide bonds. The number of nitrogens with zero attached hydrogens (tertiary/aromatic N) is 3. The molecule has 2 heterocycles. The molecule has 0 aromatic carbocycles. The third kappa shape index (κ3) is 3.07. The van der Waals surface area contributed by atoms with E-state index in [0.29, 0.717) is 5.54 Å². The molecule has 1 aromatic heterocycles. The van der Waals surface area contributed by atoms with Crippen molar-refractivity contribution in [2.75, 3.05) is 26.7 Å². The Balaban J connectivity index is 1.77. The fourth-order valence-corrected chi connectivity index (χ4v) is 2.44. The van der Waals surface area contributed by atoms with Gasteiger partial charge in [0.15, 0.2) is 0 Å². The maximum absolute atomic E-state index is 4.20. The molecule has 0 bridgehead atoms. The summed E-state index contributed by atoms with van der Waals surface area (Å²) >= 11 is 0. The monoisotopic (exact) mass is 236 g/mol. The normalized spacial score (nSPS) is 20.6. The molecular formula is C13H24N4. The standard InChI is InChI=1S/C13H24N4/c1-13(14-2)6-10-17(11-7-13)9-5-12-4-8-15-16(12)3/h4,8,14H,5-7,9-11H2,1-3H3. The number of aryl methyl sites for hydroxylation is 1. The Morgan fingerprint density at radius 1 is 1.41 bits per heavy atom. The Hall–Kier alpha value is -0.870. The first kappa shape index (κ1) is 12.6. The highest BCUT2D eigenvalue weighted by Gasteiger charge is 2.27. The molecule has 2 rings (SSSR count). The van der Waals surface area contributed by atoms with E-state index >= 15 is 0 Å². The average molecular weight is 236 g/mol. The second kappa shape index (κ2) is 5.19. The number of likely N-dealkylation sites (tertiary alicyclic amines) is 1. The number of piperidine rings is 1. The van der Waals surface area contributed by atoms with Crippen LogP contribution in [0.1, 0.15) is 25.5 Å². The van der Waals surface area contributed by atoms with Gasteiger partial charge in [-0.05, 0) is 46.0 Å². The summed E-state index contributed by atoms with van der Waals surface area (Å²) in [6.07, 6.45) is 5.47. The van der Waals surface area contributed by atoms with Gasteiger partial charge < -0.3 is 10.2 Å². The van der Waals surface area contributed by atoms with E-state index in [1.165, 1.54) is 31.6 Å². The minimum absolute atomic E-state index is 0.350. The molecule has 4 nitrogen and oxygen atoms in total. The largest absolute Gasteiger partial charge is 0.314 e. The van der Waals surface area contributed by atoms with E-state index in [1.807, 2.05) is 17.9 Å². The van der Waals surface area contributed by atoms with Crippen LogP contribution in [0.25, 0.3) is 0 Å². The molecule has 0 atom stereocenters. The second-order valence-electron chi connectivity index (χ2n) is 5.35. The fraction of sp³-hybridized carbons (Fsp3) is 0.769. The van der Waals surface area contributed by atoms with Gasteiger partial charge in [-0.2, -0.15) is 5.10 Å². The van der Waals surface area contributed by atoms with E-state index in [4.69, 9.17) is 0 Å². The second-order valence-corrected chi connectivity index (χ2v) is 5.35. The van der Waals surface area contributed by atoms with Crippen molar-refractivity contribution < 1.29 is 0 Å². The van der Waals surface area contributed by atoms with E-state index in [0.717, 1.165) is 13.0 Å². The predicted octanol–water partition coefficient (Wildman–Crippen LogP) is 1.04. The van der Waals surface area contributed by atoms with Crippen molar-refractivity contribution in [3.8, 4) is 0 Å². The zero-order chi connectivity index (χ0) is 12.3. The predicted molar refractivity (Wildman–Crippen MR) is 70.1 cm³/mol. The Labute approximate surface area is 104 Å². The molecule has 1 N–H and O–H groups in total. The highest BCUT2D eigenvalue weighted by atomic mass is 15.3. The van der Waals surface area contributed by atoms with Gasteiger partial charge in [0.25, 0.3) is 0 Å². The van der Waals surface area contributed by atoms with E-state index in [2.05, 4.69) is 35.4 Å². The Morgan fingerprint density at radius 2 is 2.12 bits per heavy atom. The molecule has 1 aliphatic heterocycles. The van der Waals surface area contributed by atoms with Crippen LogP contribution in [-0.2, 0) is 13.5 Å². The third-order valence-electron chi connectivity index (χ3n) is 4.17. The molecule has 0 saturated carbocycles. The van der Waals surface area contributed by atoms with Crippen LogP contribution in [-0.4, -0.2) is 46.9 Å². The number of aromatic nitrogens is 2. The Morgan fingerprint density at radius 3 is 2.65 bits per heavy atom. The lowest BCUT2D eigenvalue weighted by atomic mass is 9.90. The van der Waals surface area contributed by atoms with Crippen LogP contribution < -0.4 is 5.32 Å².